The van der Waals surface area contributed by atoms with Crippen LogP contribution in [0.15, 0.2) is 23.0 Å². The largest absolute Gasteiger partial charge is 0.496 e. The summed E-state index contributed by atoms with van der Waals surface area (Å²) in [5.41, 5.74) is 0.447. The highest BCUT2D eigenvalue weighted by Crippen LogP contribution is 2.29. The highest BCUT2D eigenvalue weighted by Gasteiger charge is 2.20. The molecule has 1 heterocycles. The van der Waals surface area contributed by atoms with Crippen molar-refractivity contribution in [3.8, 4) is 5.75 Å². The number of nitrogens with zero attached hydrogens (tertiary/aromatic N) is 1. The van der Waals surface area contributed by atoms with Gasteiger partial charge >= 0.3 is 5.97 Å². The van der Waals surface area contributed by atoms with E-state index in [1.165, 1.54) is 18.6 Å². The van der Waals surface area contributed by atoms with Crippen molar-refractivity contribution < 1.29 is 14.6 Å². The quantitative estimate of drug-likeness (QED) is 0.874. The van der Waals surface area contributed by atoms with E-state index in [1.807, 2.05) is 0 Å². The van der Waals surface area contributed by atoms with Gasteiger partial charge in [-0.2, -0.15) is 0 Å². The first kappa shape index (κ1) is 12.2. The molecule has 0 aliphatic rings. The summed E-state index contributed by atoms with van der Waals surface area (Å²) in [6, 6.07) is 5.10. The lowest BCUT2D eigenvalue weighted by atomic mass is 10.0. The number of aryl methyl sites for hydroxylation is 1. The molecule has 2 rings (SSSR count). The molecule has 0 saturated carbocycles. The molecule has 1 aromatic carbocycles. The van der Waals surface area contributed by atoms with E-state index in [4.69, 9.17) is 4.74 Å². The van der Waals surface area contributed by atoms with Crippen LogP contribution >= 0.6 is 0 Å². The first-order valence-electron chi connectivity index (χ1n) is 5.38. The molecular formula is C13H13NO4. The second-order valence-corrected chi connectivity index (χ2v) is 4.02. The van der Waals surface area contributed by atoms with Gasteiger partial charge in [-0.25, -0.2) is 4.79 Å². The van der Waals surface area contributed by atoms with Gasteiger partial charge in [0.15, 0.2) is 0 Å². The molecule has 0 aliphatic heterocycles. The summed E-state index contributed by atoms with van der Waals surface area (Å²) in [6.07, 6.45) is 0. The molecule has 18 heavy (non-hydrogen) atoms. The number of aromatic carboxylic acids is 1. The summed E-state index contributed by atoms with van der Waals surface area (Å²) in [6.45, 7) is 1.51. The average molecular weight is 247 g/mol. The Hall–Kier alpha value is -2.30. The molecule has 1 aromatic heterocycles. The third-order valence-corrected chi connectivity index (χ3v) is 3.05. The van der Waals surface area contributed by atoms with E-state index in [2.05, 4.69) is 0 Å². The zero-order chi connectivity index (χ0) is 13.4. The minimum Gasteiger partial charge on any atom is -0.496 e. The van der Waals surface area contributed by atoms with E-state index in [0.717, 1.165) is 0 Å². The third-order valence-electron chi connectivity index (χ3n) is 3.05. The third kappa shape index (κ3) is 1.55. The van der Waals surface area contributed by atoms with Gasteiger partial charge in [-0.05, 0) is 19.1 Å². The molecule has 1 N–H and O–H groups in total. The first-order chi connectivity index (χ1) is 8.49. The second kappa shape index (κ2) is 4.18. The molecule has 0 bridgehead atoms. The van der Waals surface area contributed by atoms with Crippen LogP contribution in [-0.4, -0.2) is 22.8 Å². The van der Waals surface area contributed by atoms with Gasteiger partial charge in [0.05, 0.1) is 23.6 Å². The van der Waals surface area contributed by atoms with Crippen LogP contribution in [0.5, 0.6) is 5.75 Å². The highest BCUT2D eigenvalue weighted by atomic mass is 16.5. The van der Waals surface area contributed by atoms with Crippen LogP contribution in [0.3, 0.4) is 0 Å². The smallest absolute Gasteiger partial charge is 0.336 e. The zero-order valence-electron chi connectivity index (χ0n) is 10.4. The number of carboxylic acids is 1. The van der Waals surface area contributed by atoms with Gasteiger partial charge in [0.25, 0.3) is 5.56 Å². The number of methoxy groups -OCH3 is 1. The first-order valence-corrected chi connectivity index (χ1v) is 5.38. The average Bonchev–Trinajstić information content (AvgIpc) is 2.35. The van der Waals surface area contributed by atoms with Crippen molar-refractivity contribution in [1.82, 2.24) is 4.57 Å². The molecule has 0 aliphatic carbocycles. The van der Waals surface area contributed by atoms with Gasteiger partial charge in [-0.15, -0.1) is 0 Å². The number of rotatable bonds is 2. The van der Waals surface area contributed by atoms with Gasteiger partial charge in [0, 0.05) is 12.6 Å². The molecule has 94 valence electrons. The molecule has 5 nitrogen and oxygen atoms in total. The maximum atomic E-state index is 12.0. The number of pyridine rings is 1. The zero-order valence-corrected chi connectivity index (χ0v) is 10.4. The van der Waals surface area contributed by atoms with Crippen molar-refractivity contribution in [2.45, 2.75) is 6.92 Å². The number of hydrogen-bond acceptors (Lipinski definition) is 3. The van der Waals surface area contributed by atoms with Crippen molar-refractivity contribution in [2.24, 2.45) is 7.05 Å². The molecule has 0 spiro atoms. The van der Waals surface area contributed by atoms with E-state index in [1.54, 1.807) is 25.2 Å². The number of hydrogen-bond donors (Lipinski definition) is 1. The molecule has 0 amide bonds. The summed E-state index contributed by atoms with van der Waals surface area (Å²) < 4.78 is 6.62. The predicted molar refractivity (Wildman–Crippen MR) is 67.4 cm³/mol. The van der Waals surface area contributed by atoms with Gasteiger partial charge < -0.3 is 14.4 Å². The van der Waals surface area contributed by atoms with Crippen molar-refractivity contribution in [1.29, 1.82) is 0 Å². The summed E-state index contributed by atoms with van der Waals surface area (Å²) in [7, 11) is 3.09. The summed E-state index contributed by atoms with van der Waals surface area (Å²) in [5, 5.41) is 9.75. The van der Waals surface area contributed by atoms with Crippen LogP contribution in [0.25, 0.3) is 10.9 Å². The fourth-order valence-corrected chi connectivity index (χ4v) is 2.14. The minimum absolute atomic E-state index is 0.00514. The minimum atomic E-state index is -1.13. The van der Waals surface area contributed by atoms with Crippen LogP contribution in [0.2, 0.25) is 0 Å². The summed E-state index contributed by atoms with van der Waals surface area (Å²) in [4.78, 5) is 23.3. The highest BCUT2D eigenvalue weighted by molar-refractivity contribution is 6.06. The van der Waals surface area contributed by atoms with E-state index in [0.29, 0.717) is 16.7 Å². The summed E-state index contributed by atoms with van der Waals surface area (Å²) >= 11 is 0. The fourth-order valence-electron chi connectivity index (χ4n) is 2.14. The van der Waals surface area contributed by atoms with Crippen molar-refractivity contribution >= 4 is 16.9 Å². The number of aromatic nitrogens is 1. The van der Waals surface area contributed by atoms with Gasteiger partial charge in [-0.3, -0.25) is 4.79 Å². The number of carbonyl (C=O) groups is 1. The van der Waals surface area contributed by atoms with Crippen LogP contribution in [0, 0.1) is 6.92 Å². The number of carboxylic acid groups (broad SMARTS) is 1. The van der Waals surface area contributed by atoms with Gasteiger partial charge in [0.1, 0.15) is 5.75 Å². The van der Waals surface area contributed by atoms with Crippen molar-refractivity contribution in [2.75, 3.05) is 7.11 Å². The molecule has 0 atom stereocenters. The Bertz CT molecular complexity index is 700. The SMILES string of the molecule is COc1cccc2c1c(C(=O)O)c(C)c(=O)n2C. The Morgan fingerprint density at radius 2 is 2.06 bits per heavy atom. The van der Waals surface area contributed by atoms with E-state index >= 15 is 0 Å². The van der Waals surface area contributed by atoms with Crippen LogP contribution < -0.4 is 10.3 Å². The number of benzene rings is 1. The maximum Gasteiger partial charge on any atom is 0.336 e. The predicted octanol–water partition coefficient (Wildman–Crippen LogP) is 1.55. The molecule has 5 heteroatoms. The lowest BCUT2D eigenvalue weighted by molar-refractivity contribution is 0.0697. The molecule has 0 fully saturated rings. The Morgan fingerprint density at radius 3 is 2.61 bits per heavy atom. The molecule has 0 radical (unpaired) electrons. The van der Waals surface area contributed by atoms with Gasteiger partial charge in [-0.1, -0.05) is 6.07 Å². The topological polar surface area (TPSA) is 68.5 Å². The standard InChI is InChI=1S/C13H13NO4/c1-7-10(13(16)17)11-8(14(2)12(7)15)5-4-6-9(11)18-3/h4-6H,1-3H3,(H,16,17). The Labute approximate surface area is 103 Å². The molecule has 2 aromatic rings. The Balaban J connectivity index is 3.14. The Kier molecular flexibility index (Phi) is 2.82. The molecule has 0 unspecified atom stereocenters. The summed E-state index contributed by atoms with van der Waals surface area (Å²) in [5.74, 6) is -0.677. The fraction of sp³-hybridized carbons (Fsp3) is 0.231. The Morgan fingerprint density at radius 1 is 1.39 bits per heavy atom. The second-order valence-electron chi connectivity index (χ2n) is 4.02. The molecule has 0 saturated heterocycles. The monoisotopic (exact) mass is 247 g/mol. The lowest BCUT2D eigenvalue weighted by Crippen LogP contribution is -2.23. The van der Waals surface area contributed by atoms with Crippen LogP contribution in [0.1, 0.15) is 15.9 Å². The van der Waals surface area contributed by atoms with E-state index in [-0.39, 0.29) is 16.7 Å². The number of fused-ring (bicyclic) bond motifs is 1. The van der Waals surface area contributed by atoms with Crippen LogP contribution in [-0.2, 0) is 7.05 Å². The van der Waals surface area contributed by atoms with Crippen molar-refractivity contribution in [3.63, 3.8) is 0 Å². The van der Waals surface area contributed by atoms with E-state index < -0.39 is 5.97 Å². The van der Waals surface area contributed by atoms with E-state index in [9.17, 15) is 14.7 Å². The maximum absolute atomic E-state index is 12.0. The number of ether oxygens (including phenoxy) is 1. The van der Waals surface area contributed by atoms with Crippen LogP contribution in [0.4, 0.5) is 0 Å². The van der Waals surface area contributed by atoms with Crippen molar-refractivity contribution in [3.05, 3.63) is 39.7 Å². The normalized spacial score (nSPS) is 10.6. The lowest BCUT2D eigenvalue weighted by Gasteiger charge is -2.13. The molecular weight excluding hydrogens is 234 g/mol. The van der Waals surface area contributed by atoms with Gasteiger partial charge in [0.2, 0.25) is 0 Å².